The van der Waals surface area contributed by atoms with Gasteiger partial charge in [-0.3, -0.25) is 0 Å². The van der Waals surface area contributed by atoms with Gasteiger partial charge in [0.05, 0.1) is 0 Å². The molecule has 0 aromatic carbocycles. The first-order chi connectivity index (χ1) is 4.13. The quantitative estimate of drug-likeness (QED) is 0.518. The van der Waals surface area contributed by atoms with Gasteiger partial charge in [0.25, 0.3) is 0 Å². The highest BCUT2D eigenvalue weighted by Crippen LogP contribution is 2.28. The molecule has 0 aromatic rings. The van der Waals surface area contributed by atoms with Crippen LogP contribution in [0.1, 0.15) is 27.2 Å². The fourth-order valence-electron chi connectivity index (χ4n) is 1.61. The van der Waals surface area contributed by atoms with E-state index in [1.165, 1.54) is 6.42 Å². The molecule has 0 aliphatic carbocycles. The van der Waals surface area contributed by atoms with Crippen LogP contribution in [0.15, 0.2) is 0 Å². The Bertz CT molecular complexity index is 98.7. The summed E-state index contributed by atoms with van der Waals surface area (Å²) in [7, 11) is 2.22. The van der Waals surface area contributed by atoms with Gasteiger partial charge in [-0.15, -0.1) is 0 Å². The van der Waals surface area contributed by atoms with Gasteiger partial charge in [-0.2, -0.15) is 0 Å². The van der Waals surface area contributed by atoms with Gasteiger partial charge in [-0.25, -0.2) is 0 Å². The van der Waals surface area contributed by atoms with Crippen molar-refractivity contribution in [2.75, 3.05) is 7.05 Å². The zero-order valence-electron chi connectivity index (χ0n) is 6.89. The Morgan fingerprint density at radius 2 is 2.00 bits per heavy atom. The van der Waals surface area contributed by atoms with Crippen LogP contribution in [0.3, 0.4) is 0 Å². The van der Waals surface area contributed by atoms with Crippen molar-refractivity contribution in [1.29, 1.82) is 0 Å². The second-order valence-electron chi connectivity index (χ2n) is 3.56. The molecule has 1 saturated heterocycles. The highest BCUT2D eigenvalue weighted by molar-refractivity contribution is 4.88. The second kappa shape index (κ2) is 2.30. The third-order valence-corrected chi connectivity index (χ3v) is 2.57. The Morgan fingerprint density at radius 1 is 1.44 bits per heavy atom. The van der Waals surface area contributed by atoms with Gasteiger partial charge in [0, 0.05) is 12.1 Å². The van der Waals surface area contributed by atoms with Crippen molar-refractivity contribution in [1.82, 2.24) is 4.90 Å². The van der Waals surface area contributed by atoms with Crippen LogP contribution in [0.5, 0.6) is 0 Å². The average Bonchev–Trinajstić information content (AvgIpc) is 1.81. The Labute approximate surface area is 58.0 Å². The lowest BCUT2D eigenvalue weighted by Gasteiger charge is -2.47. The second-order valence-corrected chi connectivity index (χ2v) is 3.56. The fraction of sp³-hybridized carbons (Fsp3) is 1.00. The van der Waals surface area contributed by atoms with E-state index in [4.69, 9.17) is 0 Å². The number of hydrogen-bond donors (Lipinski definition) is 0. The maximum Gasteiger partial charge on any atom is 0.0133 e. The molecule has 1 heterocycles. The third-order valence-electron chi connectivity index (χ3n) is 2.57. The minimum Gasteiger partial charge on any atom is -0.300 e. The highest BCUT2D eigenvalue weighted by atomic mass is 15.2. The van der Waals surface area contributed by atoms with Crippen molar-refractivity contribution in [3.8, 4) is 0 Å². The number of rotatable bonds is 1. The molecule has 2 atom stereocenters. The van der Waals surface area contributed by atoms with E-state index in [-0.39, 0.29) is 0 Å². The van der Waals surface area contributed by atoms with Gasteiger partial charge in [-0.1, -0.05) is 13.8 Å². The van der Waals surface area contributed by atoms with Crippen molar-refractivity contribution in [2.24, 2.45) is 5.92 Å². The Balaban J connectivity index is 2.33. The Hall–Kier alpha value is -0.0400. The molecule has 2 unspecified atom stereocenters. The summed E-state index contributed by atoms with van der Waals surface area (Å²) in [5, 5.41) is 0. The minimum atomic E-state index is 0.831. The van der Waals surface area contributed by atoms with E-state index < -0.39 is 0 Å². The van der Waals surface area contributed by atoms with E-state index in [1.807, 2.05) is 0 Å². The van der Waals surface area contributed by atoms with Crippen LogP contribution in [-0.4, -0.2) is 24.0 Å². The lowest BCUT2D eigenvalue weighted by atomic mass is 9.87. The maximum absolute atomic E-state index is 2.46. The van der Waals surface area contributed by atoms with Crippen LogP contribution in [0.2, 0.25) is 0 Å². The normalized spacial score (nSPS) is 37.0. The van der Waals surface area contributed by atoms with Crippen LogP contribution in [0, 0.1) is 5.92 Å². The first-order valence-electron chi connectivity index (χ1n) is 3.85. The molecule has 0 N–H and O–H groups in total. The van der Waals surface area contributed by atoms with Crippen LogP contribution in [0.25, 0.3) is 0 Å². The van der Waals surface area contributed by atoms with Crippen LogP contribution in [-0.2, 0) is 0 Å². The fourth-order valence-corrected chi connectivity index (χ4v) is 1.61. The molecule has 0 spiro atoms. The largest absolute Gasteiger partial charge is 0.300 e. The smallest absolute Gasteiger partial charge is 0.0133 e. The first kappa shape index (κ1) is 7.07. The average molecular weight is 127 g/mol. The highest BCUT2D eigenvalue weighted by Gasteiger charge is 2.33. The lowest BCUT2D eigenvalue weighted by Crippen LogP contribution is -2.54. The summed E-state index contributed by atoms with van der Waals surface area (Å²) < 4.78 is 0. The molecule has 9 heavy (non-hydrogen) atoms. The molecule has 1 fully saturated rings. The molecular weight excluding hydrogens is 110 g/mol. The molecule has 0 saturated carbocycles. The summed E-state index contributed by atoms with van der Waals surface area (Å²) in [4.78, 5) is 2.46. The molecule has 1 rings (SSSR count). The monoisotopic (exact) mass is 127 g/mol. The Kier molecular flexibility index (Phi) is 1.80. The zero-order valence-corrected chi connectivity index (χ0v) is 6.89. The number of nitrogens with zero attached hydrogens (tertiary/aromatic N) is 1. The van der Waals surface area contributed by atoms with Gasteiger partial charge < -0.3 is 4.90 Å². The molecule has 1 nitrogen and oxygen atoms in total. The SMILES string of the molecule is CC(C)C1CC(C)N1C. The predicted octanol–water partition coefficient (Wildman–Crippen LogP) is 1.74. The van der Waals surface area contributed by atoms with E-state index in [2.05, 4.69) is 32.7 Å². The zero-order chi connectivity index (χ0) is 7.02. The van der Waals surface area contributed by atoms with Crippen molar-refractivity contribution >= 4 is 0 Å². The van der Waals surface area contributed by atoms with E-state index in [1.54, 1.807) is 0 Å². The minimum absolute atomic E-state index is 0.831. The molecule has 0 amide bonds. The van der Waals surface area contributed by atoms with Gasteiger partial charge >= 0.3 is 0 Å². The summed E-state index contributed by atoms with van der Waals surface area (Å²) in [5.41, 5.74) is 0. The standard InChI is InChI=1S/C8H17N/c1-6(2)8-5-7(3)9(8)4/h6-8H,5H2,1-4H3. The van der Waals surface area contributed by atoms with Gasteiger partial charge in [-0.05, 0) is 26.3 Å². The van der Waals surface area contributed by atoms with E-state index in [9.17, 15) is 0 Å². The molecule has 1 aliphatic rings. The Morgan fingerprint density at radius 3 is 2.11 bits per heavy atom. The summed E-state index contributed by atoms with van der Waals surface area (Å²) in [6.45, 7) is 6.89. The number of hydrogen-bond acceptors (Lipinski definition) is 1. The number of likely N-dealkylation sites (tertiary alicyclic amines) is 1. The molecule has 1 aliphatic heterocycles. The van der Waals surface area contributed by atoms with Crippen molar-refractivity contribution < 1.29 is 0 Å². The van der Waals surface area contributed by atoms with Crippen molar-refractivity contribution in [3.05, 3.63) is 0 Å². The van der Waals surface area contributed by atoms with Crippen molar-refractivity contribution in [2.45, 2.75) is 39.3 Å². The topological polar surface area (TPSA) is 3.24 Å². The molecule has 0 aromatic heterocycles. The summed E-state index contributed by atoms with van der Waals surface area (Å²) >= 11 is 0. The van der Waals surface area contributed by atoms with Gasteiger partial charge in [0.2, 0.25) is 0 Å². The first-order valence-corrected chi connectivity index (χ1v) is 3.85. The van der Waals surface area contributed by atoms with Gasteiger partial charge in [0.15, 0.2) is 0 Å². The molecule has 0 bridgehead atoms. The molecule has 0 radical (unpaired) electrons. The van der Waals surface area contributed by atoms with Crippen molar-refractivity contribution in [3.63, 3.8) is 0 Å². The van der Waals surface area contributed by atoms with E-state index in [0.29, 0.717) is 0 Å². The summed E-state index contributed by atoms with van der Waals surface area (Å²) in [6.07, 6.45) is 1.40. The molecule has 54 valence electrons. The third kappa shape index (κ3) is 1.11. The molecular formula is C8H17N. The van der Waals surface area contributed by atoms with Crippen LogP contribution < -0.4 is 0 Å². The van der Waals surface area contributed by atoms with Crippen LogP contribution >= 0.6 is 0 Å². The molecule has 1 heteroatoms. The van der Waals surface area contributed by atoms with Crippen LogP contribution in [0.4, 0.5) is 0 Å². The summed E-state index contributed by atoms with van der Waals surface area (Å²) in [5.74, 6) is 0.839. The van der Waals surface area contributed by atoms with Gasteiger partial charge in [0.1, 0.15) is 0 Å². The maximum atomic E-state index is 2.46. The predicted molar refractivity (Wildman–Crippen MR) is 40.5 cm³/mol. The summed E-state index contributed by atoms with van der Waals surface area (Å²) in [6, 6.07) is 1.69. The van der Waals surface area contributed by atoms with E-state index in [0.717, 1.165) is 18.0 Å². The lowest BCUT2D eigenvalue weighted by molar-refractivity contribution is 0.0254. The van der Waals surface area contributed by atoms with E-state index >= 15 is 0 Å².